The van der Waals surface area contributed by atoms with Gasteiger partial charge in [0.1, 0.15) is 23.4 Å². The molecule has 1 aliphatic heterocycles. The Morgan fingerprint density at radius 3 is 2.58 bits per heavy atom. The number of hydrogen-bond donors (Lipinski definition) is 1. The smallest absolute Gasteiger partial charge is 0.239 e. The van der Waals surface area contributed by atoms with E-state index in [4.69, 9.17) is 9.47 Å². The number of methoxy groups -OCH3 is 2. The van der Waals surface area contributed by atoms with E-state index >= 15 is 0 Å². The molecule has 1 atom stereocenters. The molecule has 2 aromatic rings. The Bertz CT molecular complexity index is 1060. The van der Waals surface area contributed by atoms with Crippen molar-refractivity contribution < 1.29 is 14.3 Å². The van der Waals surface area contributed by atoms with Gasteiger partial charge in [-0.05, 0) is 57.7 Å². The first-order valence-corrected chi connectivity index (χ1v) is 11.9. The molecule has 0 spiro atoms. The van der Waals surface area contributed by atoms with Gasteiger partial charge in [0, 0.05) is 29.4 Å². The summed E-state index contributed by atoms with van der Waals surface area (Å²) in [7, 11) is 3.30. The predicted octanol–water partition coefficient (Wildman–Crippen LogP) is 4.88. The fraction of sp³-hybridized carbons (Fsp3) is 0.538. The molecule has 4 rings (SSSR count). The maximum absolute atomic E-state index is 13.2. The number of hydrogen-bond acceptors (Lipinski definition) is 5. The van der Waals surface area contributed by atoms with E-state index in [2.05, 4.69) is 27.8 Å². The summed E-state index contributed by atoms with van der Waals surface area (Å²) in [5, 5.41) is 12.9. The Balaban J connectivity index is 1.55. The molecule has 2 fully saturated rings. The lowest BCUT2D eigenvalue weighted by molar-refractivity contribution is -0.117. The molecule has 1 saturated carbocycles. The highest BCUT2D eigenvalue weighted by Gasteiger charge is 2.31. The molecular formula is C26H34N4O3. The van der Waals surface area contributed by atoms with Gasteiger partial charge < -0.3 is 19.4 Å². The van der Waals surface area contributed by atoms with E-state index in [-0.39, 0.29) is 18.5 Å². The van der Waals surface area contributed by atoms with Crippen molar-refractivity contribution in [1.29, 1.82) is 5.26 Å². The molecule has 2 heterocycles. The Kier molecular flexibility index (Phi) is 6.94. The first-order valence-electron chi connectivity index (χ1n) is 11.9. The third kappa shape index (κ3) is 4.45. The molecule has 7 heteroatoms. The van der Waals surface area contributed by atoms with Crippen LogP contribution in [0, 0.1) is 25.2 Å². The summed E-state index contributed by atoms with van der Waals surface area (Å²) in [6, 6.07) is 8.65. The van der Waals surface area contributed by atoms with E-state index in [1.165, 1.54) is 12.8 Å². The van der Waals surface area contributed by atoms with E-state index in [0.29, 0.717) is 17.4 Å². The number of amides is 1. The van der Waals surface area contributed by atoms with Crippen LogP contribution in [-0.2, 0) is 4.79 Å². The first kappa shape index (κ1) is 23.2. The number of aromatic nitrogens is 1. The molecule has 1 aromatic heterocycles. The van der Waals surface area contributed by atoms with Crippen LogP contribution in [0.5, 0.6) is 11.5 Å². The second-order valence-corrected chi connectivity index (χ2v) is 9.14. The van der Waals surface area contributed by atoms with Gasteiger partial charge in [0.2, 0.25) is 5.91 Å². The molecule has 1 saturated heterocycles. The van der Waals surface area contributed by atoms with Crippen LogP contribution in [0.15, 0.2) is 18.2 Å². The lowest BCUT2D eigenvalue weighted by Gasteiger charge is -2.26. The fourth-order valence-corrected chi connectivity index (χ4v) is 5.52. The number of nitrogens with one attached hydrogen (secondary N) is 1. The predicted molar refractivity (Wildman–Crippen MR) is 128 cm³/mol. The van der Waals surface area contributed by atoms with Gasteiger partial charge in [-0.2, -0.15) is 5.26 Å². The maximum atomic E-state index is 13.2. The van der Waals surface area contributed by atoms with Crippen molar-refractivity contribution in [2.24, 2.45) is 0 Å². The molecule has 0 radical (unpaired) electrons. The molecule has 1 N–H and O–H groups in total. The van der Waals surface area contributed by atoms with Gasteiger partial charge >= 0.3 is 0 Å². The summed E-state index contributed by atoms with van der Waals surface area (Å²) >= 11 is 0. The summed E-state index contributed by atoms with van der Waals surface area (Å²) in [5.41, 5.74) is 3.70. The van der Waals surface area contributed by atoms with E-state index in [0.717, 1.165) is 60.5 Å². The van der Waals surface area contributed by atoms with Crippen LogP contribution in [-0.4, -0.2) is 42.7 Å². The molecule has 1 amide bonds. The molecule has 1 aliphatic carbocycles. The standard InChI is InChI=1S/C26H34N4O3/c1-17-18(2)30(19-8-5-6-9-19)26(22(17)15-27)28-25(31)16-29-13-7-10-23(29)21-12-11-20(32-3)14-24(21)33-4/h11-12,14,19,23H,5-10,13,16H2,1-4H3,(H,28,31)/t23-/m1/s1. The Labute approximate surface area is 196 Å². The normalized spacial score (nSPS) is 18.9. The number of benzene rings is 1. The minimum atomic E-state index is -0.0809. The number of nitrogens with zero attached hydrogens (tertiary/aromatic N) is 3. The van der Waals surface area contributed by atoms with Gasteiger partial charge in [-0.3, -0.25) is 9.69 Å². The number of anilines is 1. The molecule has 176 valence electrons. The average Bonchev–Trinajstić information content (AvgIpc) is 3.55. The zero-order chi connectivity index (χ0) is 23.5. The van der Waals surface area contributed by atoms with E-state index in [1.807, 2.05) is 25.1 Å². The minimum absolute atomic E-state index is 0.0809. The number of carbonyl (C=O) groups excluding carboxylic acids is 1. The molecule has 1 aromatic carbocycles. The zero-order valence-electron chi connectivity index (χ0n) is 20.1. The minimum Gasteiger partial charge on any atom is -0.497 e. The summed E-state index contributed by atoms with van der Waals surface area (Å²) in [4.78, 5) is 15.4. The number of likely N-dealkylation sites (tertiary alicyclic amines) is 1. The average molecular weight is 451 g/mol. The summed E-state index contributed by atoms with van der Waals surface area (Å²) < 4.78 is 13.2. The van der Waals surface area contributed by atoms with Crippen molar-refractivity contribution in [2.75, 3.05) is 32.6 Å². The topological polar surface area (TPSA) is 79.5 Å². The molecular weight excluding hydrogens is 416 g/mol. The van der Waals surface area contributed by atoms with Crippen molar-refractivity contribution in [3.63, 3.8) is 0 Å². The number of rotatable bonds is 7. The summed E-state index contributed by atoms with van der Waals surface area (Å²) in [6.45, 7) is 5.15. The van der Waals surface area contributed by atoms with Crippen molar-refractivity contribution in [3.8, 4) is 17.6 Å². The Hall–Kier alpha value is -2.98. The number of ether oxygens (including phenoxy) is 2. The van der Waals surface area contributed by atoms with E-state index in [9.17, 15) is 10.1 Å². The monoisotopic (exact) mass is 450 g/mol. The van der Waals surface area contributed by atoms with Crippen LogP contribution in [0.4, 0.5) is 5.82 Å². The summed E-state index contributed by atoms with van der Waals surface area (Å²) in [5.74, 6) is 2.12. The van der Waals surface area contributed by atoms with Gasteiger partial charge in [0.25, 0.3) is 0 Å². The van der Waals surface area contributed by atoms with Crippen LogP contribution >= 0.6 is 0 Å². The molecule has 33 heavy (non-hydrogen) atoms. The SMILES string of the molecule is COc1ccc([C@H]2CCCN2CC(=O)Nc2c(C#N)c(C)c(C)n2C2CCCC2)c(OC)c1. The fourth-order valence-electron chi connectivity index (χ4n) is 5.52. The van der Waals surface area contributed by atoms with Crippen molar-refractivity contribution in [1.82, 2.24) is 9.47 Å². The second-order valence-electron chi connectivity index (χ2n) is 9.14. The van der Waals surface area contributed by atoms with Gasteiger partial charge in [0.05, 0.1) is 26.3 Å². The molecule has 0 bridgehead atoms. The highest BCUT2D eigenvalue weighted by atomic mass is 16.5. The molecule has 0 unspecified atom stereocenters. The number of nitriles is 1. The largest absolute Gasteiger partial charge is 0.497 e. The number of carbonyl (C=O) groups is 1. The second kappa shape index (κ2) is 9.88. The van der Waals surface area contributed by atoms with Gasteiger partial charge in [-0.15, -0.1) is 0 Å². The Morgan fingerprint density at radius 1 is 1.15 bits per heavy atom. The lowest BCUT2D eigenvalue weighted by atomic mass is 10.0. The highest BCUT2D eigenvalue weighted by Crippen LogP contribution is 2.40. The van der Waals surface area contributed by atoms with Crippen LogP contribution in [0.2, 0.25) is 0 Å². The Morgan fingerprint density at radius 2 is 1.91 bits per heavy atom. The van der Waals surface area contributed by atoms with E-state index < -0.39 is 0 Å². The quantitative estimate of drug-likeness (QED) is 0.650. The van der Waals surface area contributed by atoms with Crippen LogP contribution in [0.1, 0.15) is 73.0 Å². The van der Waals surface area contributed by atoms with Crippen molar-refractivity contribution in [3.05, 3.63) is 40.6 Å². The third-order valence-electron chi connectivity index (χ3n) is 7.33. The van der Waals surface area contributed by atoms with Gasteiger partial charge in [0.15, 0.2) is 0 Å². The zero-order valence-corrected chi connectivity index (χ0v) is 20.1. The lowest BCUT2D eigenvalue weighted by Crippen LogP contribution is -2.33. The van der Waals surface area contributed by atoms with Crippen molar-refractivity contribution in [2.45, 2.75) is 64.5 Å². The highest BCUT2D eigenvalue weighted by molar-refractivity contribution is 5.93. The maximum Gasteiger partial charge on any atom is 0.239 e. The van der Waals surface area contributed by atoms with Crippen LogP contribution < -0.4 is 14.8 Å². The van der Waals surface area contributed by atoms with Gasteiger partial charge in [-0.1, -0.05) is 18.9 Å². The third-order valence-corrected chi connectivity index (χ3v) is 7.33. The van der Waals surface area contributed by atoms with Crippen LogP contribution in [0.3, 0.4) is 0 Å². The van der Waals surface area contributed by atoms with Crippen LogP contribution in [0.25, 0.3) is 0 Å². The molecule has 7 nitrogen and oxygen atoms in total. The molecule has 2 aliphatic rings. The van der Waals surface area contributed by atoms with Gasteiger partial charge in [-0.25, -0.2) is 0 Å². The van der Waals surface area contributed by atoms with E-state index in [1.54, 1.807) is 14.2 Å². The first-order chi connectivity index (χ1) is 16.0. The van der Waals surface area contributed by atoms with Crippen molar-refractivity contribution >= 4 is 11.7 Å². The summed E-state index contributed by atoms with van der Waals surface area (Å²) in [6.07, 6.45) is 6.55.